The van der Waals surface area contributed by atoms with E-state index in [2.05, 4.69) is 5.32 Å². The van der Waals surface area contributed by atoms with Crippen molar-refractivity contribution >= 4 is 17.9 Å². The number of carbonyl (C=O) groups is 3. The van der Waals surface area contributed by atoms with E-state index in [0.29, 0.717) is 18.9 Å². The smallest absolute Gasteiger partial charge is 0.326 e. The molecule has 7 heteroatoms. The quantitative estimate of drug-likeness (QED) is 0.660. The van der Waals surface area contributed by atoms with Crippen molar-refractivity contribution in [2.24, 2.45) is 11.7 Å². The molecule has 1 rings (SSSR count). The number of rotatable bonds is 5. The molecule has 108 valence electrons. The van der Waals surface area contributed by atoms with Crippen LogP contribution in [-0.2, 0) is 9.59 Å². The number of nitrogens with two attached hydrogens (primary N) is 1. The monoisotopic (exact) mass is 271 g/mol. The minimum atomic E-state index is -0.983. The van der Waals surface area contributed by atoms with Gasteiger partial charge in [-0.25, -0.2) is 9.59 Å². The maximum absolute atomic E-state index is 11.9. The lowest BCUT2D eigenvalue weighted by atomic mass is 9.89. The molecule has 1 aliphatic rings. The molecule has 0 spiro atoms. The van der Waals surface area contributed by atoms with Gasteiger partial charge in [0.25, 0.3) is 0 Å². The SMILES string of the molecule is CCC1CCN(C(=O)NCCC(N)=O)C(C(=O)O)C1. The molecular weight excluding hydrogens is 250 g/mol. The van der Waals surface area contributed by atoms with Gasteiger partial charge >= 0.3 is 12.0 Å². The first-order valence-corrected chi connectivity index (χ1v) is 6.51. The molecule has 0 aromatic carbocycles. The molecule has 1 heterocycles. The largest absolute Gasteiger partial charge is 0.480 e. The zero-order valence-corrected chi connectivity index (χ0v) is 11.1. The Bertz CT molecular complexity index is 359. The van der Waals surface area contributed by atoms with Crippen molar-refractivity contribution < 1.29 is 19.5 Å². The zero-order chi connectivity index (χ0) is 14.4. The van der Waals surface area contributed by atoms with Gasteiger partial charge < -0.3 is 21.1 Å². The lowest BCUT2D eigenvalue weighted by Crippen LogP contribution is -2.53. The molecule has 0 saturated carbocycles. The number of nitrogens with one attached hydrogen (secondary N) is 1. The third-order valence-electron chi connectivity index (χ3n) is 3.48. The lowest BCUT2D eigenvalue weighted by molar-refractivity contribution is -0.144. The molecule has 19 heavy (non-hydrogen) atoms. The van der Waals surface area contributed by atoms with Gasteiger partial charge in [0.2, 0.25) is 5.91 Å². The zero-order valence-electron chi connectivity index (χ0n) is 11.1. The van der Waals surface area contributed by atoms with Crippen LogP contribution in [-0.4, -0.2) is 47.0 Å². The van der Waals surface area contributed by atoms with E-state index in [1.807, 2.05) is 6.92 Å². The summed E-state index contributed by atoms with van der Waals surface area (Å²) in [6.45, 7) is 2.58. The molecule has 4 N–H and O–H groups in total. The van der Waals surface area contributed by atoms with Gasteiger partial charge in [0.05, 0.1) is 0 Å². The van der Waals surface area contributed by atoms with Crippen molar-refractivity contribution in [1.29, 1.82) is 0 Å². The summed E-state index contributed by atoms with van der Waals surface area (Å²) in [7, 11) is 0. The Hall–Kier alpha value is -1.79. The van der Waals surface area contributed by atoms with Gasteiger partial charge in [0.1, 0.15) is 6.04 Å². The number of hydrogen-bond acceptors (Lipinski definition) is 3. The average molecular weight is 271 g/mol. The summed E-state index contributed by atoms with van der Waals surface area (Å²) in [5.74, 6) is -1.14. The number of likely N-dealkylation sites (tertiary alicyclic amines) is 1. The van der Waals surface area contributed by atoms with Crippen LogP contribution >= 0.6 is 0 Å². The molecule has 1 fully saturated rings. The molecule has 2 atom stereocenters. The van der Waals surface area contributed by atoms with E-state index in [9.17, 15) is 19.5 Å². The molecule has 3 amide bonds. The summed E-state index contributed by atoms with van der Waals surface area (Å²) in [6.07, 6.45) is 2.26. The van der Waals surface area contributed by atoms with Gasteiger partial charge in [-0.2, -0.15) is 0 Å². The fraction of sp³-hybridized carbons (Fsp3) is 0.750. The van der Waals surface area contributed by atoms with Crippen LogP contribution in [0.5, 0.6) is 0 Å². The number of piperidine rings is 1. The van der Waals surface area contributed by atoms with Gasteiger partial charge in [-0.05, 0) is 18.8 Å². The summed E-state index contributed by atoms with van der Waals surface area (Å²) in [5.41, 5.74) is 4.97. The van der Waals surface area contributed by atoms with E-state index in [0.717, 1.165) is 12.8 Å². The number of nitrogens with zero attached hydrogens (tertiary/aromatic N) is 1. The number of amides is 3. The summed E-state index contributed by atoms with van der Waals surface area (Å²) in [4.78, 5) is 35.0. The van der Waals surface area contributed by atoms with Crippen LogP contribution in [0.3, 0.4) is 0 Å². The number of carboxylic acid groups (broad SMARTS) is 1. The predicted octanol–water partition coefficient (Wildman–Crippen LogP) is 0.147. The van der Waals surface area contributed by atoms with Crippen molar-refractivity contribution in [2.75, 3.05) is 13.1 Å². The fourth-order valence-corrected chi connectivity index (χ4v) is 2.28. The van der Waals surface area contributed by atoms with E-state index in [4.69, 9.17) is 5.73 Å². The first-order valence-electron chi connectivity index (χ1n) is 6.51. The van der Waals surface area contributed by atoms with E-state index in [1.54, 1.807) is 0 Å². The van der Waals surface area contributed by atoms with Crippen molar-refractivity contribution in [2.45, 2.75) is 38.6 Å². The van der Waals surface area contributed by atoms with E-state index in [1.165, 1.54) is 4.90 Å². The van der Waals surface area contributed by atoms with Crippen LogP contribution < -0.4 is 11.1 Å². The average Bonchev–Trinajstić information content (AvgIpc) is 2.37. The molecule has 0 bridgehead atoms. The van der Waals surface area contributed by atoms with Gasteiger partial charge in [-0.15, -0.1) is 0 Å². The highest BCUT2D eigenvalue weighted by Crippen LogP contribution is 2.25. The third-order valence-corrected chi connectivity index (χ3v) is 3.48. The Morgan fingerprint density at radius 1 is 1.42 bits per heavy atom. The van der Waals surface area contributed by atoms with Gasteiger partial charge in [-0.3, -0.25) is 4.79 Å². The highest BCUT2D eigenvalue weighted by atomic mass is 16.4. The molecule has 0 aromatic rings. The number of aliphatic carboxylic acids is 1. The van der Waals surface area contributed by atoms with Crippen LogP contribution in [0.25, 0.3) is 0 Å². The van der Waals surface area contributed by atoms with Crippen molar-refractivity contribution in [3.8, 4) is 0 Å². The Labute approximate surface area is 112 Å². The van der Waals surface area contributed by atoms with Crippen LogP contribution in [0.1, 0.15) is 32.6 Å². The first kappa shape index (κ1) is 15.3. The van der Waals surface area contributed by atoms with Gasteiger partial charge in [0, 0.05) is 19.5 Å². The molecule has 2 unspecified atom stereocenters. The molecule has 0 aliphatic carbocycles. The summed E-state index contributed by atoms with van der Waals surface area (Å²) < 4.78 is 0. The van der Waals surface area contributed by atoms with Crippen LogP contribution in [0.15, 0.2) is 0 Å². The Morgan fingerprint density at radius 3 is 2.63 bits per heavy atom. The summed E-state index contributed by atoms with van der Waals surface area (Å²) in [6, 6.07) is -1.23. The van der Waals surface area contributed by atoms with Crippen LogP contribution in [0.2, 0.25) is 0 Å². The summed E-state index contributed by atoms with van der Waals surface area (Å²) in [5, 5.41) is 11.7. The van der Waals surface area contributed by atoms with E-state index < -0.39 is 23.9 Å². The highest BCUT2D eigenvalue weighted by molar-refractivity contribution is 5.83. The Kier molecular flexibility index (Phi) is 5.59. The second-order valence-electron chi connectivity index (χ2n) is 4.79. The maximum Gasteiger partial charge on any atom is 0.326 e. The van der Waals surface area contributed by atoms with E-state index >= 15 is 0 Å². The molecule has 0 aromatic heterocycles. The maximum atomic E-state index is 11.9. The number of carboxylic acids is 1. The van der Waals surface area contributed by atoms with Crippen LogP contribution in [0, 0.1) is 5.92 Å². The molecule has 7 nitrogen and oxygen atoms in total. The Balaban J connectivity index is 2.56. The fourth-order valence-electron chi connectivity index (χ4n) is 2.28. The number of carbonyl (C=O) groups excluding carboxylic acids is 2. The molecule has 0 radical (unpaired) electrons. The Morgan fingerprint density at radius 2 is 2.11 bits per heavy atom. The first-order chi connectivity index (χ1) is 8.95. The van der Waals surface area contributed by atoms with Crippen molar-refractivity contribution in [1.82, 2.24) is 10.2 Å². The number of urea groups is 1. The second-order valence-corrected chi connectivity index (χ2v) is 4.79. The highest BCUT2D eigenvalue weighted by Gasteiger charge is 2.35. The normalized spacial score (nSPS) is 22.9. The molecule has 1 aliphatic heterocycles. The minimum Gasteiger partial charge on any atom is -0.480 e. The van der Waals surface area contributed by atoms with Crippen LogP contribution in [0.4, 0.5) is 4.79 Å². The predicted molar refractivity (Wildman–Crippen MR) is 68.4 cm³/mol. The van der Waals surface area contributed by atoms with E-state index in [-0.39, 0.29) is 13.0 Å². The van der Waals surface area contributed by atoms with Gasteiger partial charge in [-0.1, -0.05) is 13.3 Å². The number of hydrogen-bond donors (Lipinski definition) is 3. The van der Waals surface area contributed by atoms with Crippen molar-refractivity contribution in [3.63, 3.8) is 0 Å². The standard InChI is InChI=1S/C12H21N3O4/c1-2-8-4-6-15(9(7-8)11(17)18)12(19)14-5-3-10(13)16/h8-9H,2-7H2,1H3,(H2,13,16)(H,14,19)(H,17,18). The van der Waals surface area contributed by atoms with Gasteiger partial charge in [0.15, 0.2) is 0 Å². The number of primary amides is 1. The third kappa shape index (κ3) is 4.42. The lowest BCUT2D eigenvalue weighted by Gasteiger charge is -2.36. The van der Waals surface area contributed by atoms with Crippen molar-refractivity contribution in [3.05, 3.63) is 0 Å². The molecule has 1 saturated heterocycles. The minimum absolute atomic E-state index is 0.0505. The molecular formula is C12H21N3O4. The second kappa shape index (κ2) is 6.96. The summed E-state index contributed by atoms with van der Waals surface area (Å²) >= 11 is 0. The topological polar surface area (TPSA) is 113 Å².